The molecule has 1 heterocycles. The predicted octanol–water partition coefficient (Wildman–Crippen LogP) is 2.46. The van der Waals surface area contributed by atoms with Crippen molar-refractivity contribution in [1.82, 2.24) is 25.2 Å². The third kappa shape index (κ3) is 10.8. The Morgan fingerprint density at radius 3 is 2.27 bits per heavy atom. The number of rotatable bonds is 12. The number of primary amides is 1. The maximum absolute atomic E-state index is 12.2. The number of amides is 3. The van der Waals surface area contributed by atoms with E-state index in [1.54, 1.807) is 0 Å². The average Bonchev–Trinajstić information content (AvgIpc) is 3.15. The van der Waals surface area contributed by atoms with Crippen molar-refractivity contribution in [2.45, 2.75) is 78.3 Å². The third-order valence-corrected chi connectivity index (χ3v) is 4.18. The second kappa shape index (κ2) is 15.3. The largest absolute Gasteiger partial charge is 0.368 e. The Bertz CT molecular complexity index is 661. The zero-order chi connectivity index (χ0) is 23.1. The minimum atomic E-state index is -2.65. The number of carbonyl (C=O) groups excluding carboxylic acids is 3. The highest BCUT2D eigenvalue weighted by molar-refractivity contribution is 5.95. The highest BCUT2D eigenvalue weighted by Crippen LogP contribution is 2.05. The lowest BCUT2D eigenvalue weighted by molar-refractivity contribution is -0.137. The first kappa shape index (κ1) is 27.4. The number of nitrogens with two attached hydrogens (primary N) is 1. The van der Waals surface area contributed by atoms with Gasteiger partial charge >= 0.3 is 0 Å². The van der Waals surface area contributed by atoms with E-state index in [2.05, 4.69) is 29.4 Å². The molecule has 11 heteroatoms. The van der Waals surface area contributed by atoms with Crippen LogP contribution in [0.4, 0.5) is 8.78 Å². The van der Waals surface area contributed by atoms with E-state index in [1.807, 2.05) is 6.92 Å². The Kier molecular flexibility index (Phi) is 14.0. The Hall–Kier alpha value is -2.59. The zero-order valence-corrected chi connectivity index (χ0v) is 18.2. The number of unbranched alkanes of at least 4 members (excludes halogenated alkanes) is 3. The summed E-state index contributed by atoms with van der Waals surface area (Å²) in [5, 5.41) is 9.40. The van der Waals surface area contributed by atoms with E-state index in [0.29, 0.717) is 17.6 Å². The van der Waals surface area contributed by atoms with Gasteiger partial charge in [0.2, 0.25) is 11.8 Å². The van der Waals surface area contributed by atoms with Crippen LogP contribution in [0.5, 0.6) is 0 Å². The minimum Gasteiger partial charge on any atom is -0.368 e. The van der Waals surface area contributed by atoms with Crippen molar-refractivity contribution in [3.8, 4) is 0 Å². The van der Waals surface area contributed by atoms with E-state index in [0.717, 1.165) is 6.20 Å². The van der Waals surface area contributed by atoms with Crippen molar-refractivity contribution < 1.29 is 26.0 Å². The summed E-state index contributed by atoms with van der Waals surface area (Å²) in [7, 11) is 1.42. The molecular formula is C19H38F2N6O3. The summed E-state index contributed by atoms with van der Waals surface area (Å²) >= 11 is 0. The van der Waals surface area contributed by atoms with Crippen LogP contribution in [-0.2, 0) is 16.1 Å². The van der Waals surface area contributed by atoms with E-state index in [-0.39, 0.29) is 15.1 Å². The summed E-state index contributed by atoms with van der Waals surface area (Å²) in [6.45, 7) is 5.20. The lowest BCUT2D eigenvalue weighted by Crippen LogP contribution is -2.48. The van der Waals surface area contributed by atoms with Gasteiger partial charge in [-0.25, -0.2) is 8.78 Å². The standard InChI is InChI=1S/C13H20F2N6O3.C6H14.2H2/c1-3-4-9(12(16)23)20(2)11(22)6-17-13(24)8-5-18-21(19-8)7-10(14)15;1-3-5-6-4-2;;/h5,9-10H,3-4,6-7H2,1-2H3,(H2,16,23)(H,17,24);3-6H2,1-2H3;2*1H. The van der Waals surface area contributed by atoms with Crippen molar-refractivity contribution in [1.29, 1.82) is 0 Å². The summed E-state index contributed by atoms with van der Waals surface area (Å²) in [5.74, 6) is -1.88. The topological polar surface area (TPSA) is 123 Å². The third-order valence-electron chi connectivity index (χ3n) is 4.18. The van der Waals surface area contributed by atoms with E-state index in [1.165, 1.54) is 37.6 Å². The number of hydrogen-bond donors (Lipinski definition) is 2. The fraction of sp³-hybridized carbons (Fsp3) is 0.737. The Labute approximate surface area is 179 Å². The van der Waals surface area contributed by atoms with Crippen LogP contribution >= 0.6 is 0 Å². The summed E-state index contributed by atoms with van der Waals surface area (Å²) < 4.78 is 24.4. The minimum absolute atomic E-state index is 0. The summed E-state index contributed by atoms with van der Waals surface area (Å²) in [5.41, 5.74) is 5.06. The van der Waals surface area contributed by atoms with Crippen LogP contribution in [0.1, 0.15) is 72.6 Å². The lowest BCUT2D eigenvalue weighted by atomic mass is 10.1. The number of aromatic nitrogens is 3. The molecule has 30 heavy (non-hydrogen) atoms. The monoisotopic (exact) mass is 436 g/mol. The van der Waals surface area contributed by atoms with Gasteiger partial charge in [0.15, 0.2) is 5.69 Å². The molecule has 0 aromatic carbocycles. The van der Waals surface area contributed by atoms with Crippen LogP contribution in [0.15, 0.2) is 6.20 Å². The lowest BCUT2D eigenvalue weighted by Gasteiger charge is -2.25. The fourth-order valence-corrected chi connectivity index (χ4v) is 2.46. The maximum atomic E-state index is 12.2. The first-order valence-corrected chi connectivity index (χ1v) is 10.2. The van der Waals surface area contributed by atoms with Crippen molar-refractivity contribution in [3.05, 3.63) is 11.9 Å². The molecule has 0 saturated heterocycles. The SMILES string of the molecule is CCCC(C(N)=O)N(C)C(=O)CNC(=O)c1cnn(CC(F)F)n1.CCCCCC.[HH].[HH]. The predicted molar refractivity (Wildman–Crippen MR) is 113 cm³/mol. The number of carbonyl (C=O) groups is 3. The molecule has 3 amide bonds. The second-order valence-electron chi connectivity index (χ2n) is 6.78. The van der Waals surface area contributed by atoms with Crippen molar-refractivity contribution in [3.63, 3.8) is 0 Å². The van der Waals surface area contributed by atoms with Crippen LogP contribution in [0, 0.1) is 0 Å². The summed E-state index contributed by atoms with van der Waals surface area (Å²) in [4.78, 5) is 37.0. The van der Waals surface area contributed by atoms with Gasteiger partial charge in [-0.3, -0.25) is 14.4 Å². The zero-order valence-electron chi connectivity index (χ0n) is 18.2. The molecule has 1 unspecified atom stereocenters. The maximum Gasteiger partial charge on any atom is 0.273 e. The Balaban J connectivity index is -0.000000926. The molecule has 0 bridgehead atoms. The smallest absolute Gasteiger partial charge is 0.273 e. The van der Waals surface area contributed by atoms with Crippen molar-refractivity contribution in [2.24, 2.45) is 5.73 Å². The summed E-state index contributed by atoms with van der Waals surface area (Å²) in [6, 6.07) is -0.758. The molecule has 1 aromatic rings. The molecule has 1 rings (SSSR count). The number of likely N-dealkylation sites (N-methyl/N-ethyl adjacent to an activating group) is 1. The molecule has 9 nitrogen and oxygen atoms in total. The van der Waals surface area contributed by atoms with Crippen LogP contribution in [0.25, 0.3) is 0 Å². The van der Waals surface area contributed by atoms with Gasteiger partial charge in [0.05, 0.1) is 12.7 Å². The molecule has 0 spiro atoms. The van der Waals surface area contributed by atoms with Gasteiger partial charge in [-0.2, -0.15) is 9.90 Å². The van der Waals surface area contributed by atoms with Crippen LogP contribution in [-0.4, -0.2) is 63.7 Å². The van der Waals surface area contributed by atoms with E-state index >= 15 is 0 Å². The van der Waals surface area contributed by atoms with Crippen LogP contribution in [0.2, 0.25) is 0 Å². The normalized spacial score (nSPS) is 11.4. The fourth-order valence-electron chi connectivity index (χ4n) is 2.46. The van der Waals surface area contributed by atoms with Gasteiger partial charge < -0.3 is 16.0 Å². The molecule has 0 saturated carbocycles. The van der Waals surface area contributed by atoms with Gasteiger partial charge in [-0.05, 0) is 6.42 Å². The Morgan fingerprint density at radius 1 is 1.20 bits per heavy atom. The molecule has 0 aliphatic rings. The highest BCUT2D eigenvalue weighted by Gasteiger charge is 2.24. The van der Waals surface area contributed by atoms with E-state index < -0.39 is 36.7 Å². The molecule has 0 fully saturated rings. The number of nitrogens with zero attached hydrogens (tertiary/aromatic N) is 4. The van der Waals surface area contributed by atoms with Crippen molar-refractivity contribution in [2.75, 3.05) is 13.6 Å². The number of nitrogens with one attached hydrogen (secondary N) is 1. The van der Waals surface area contributed by atoms with Gasteiger partial charge in [0.25, 0.3) is 12.3 Å². The van der Waals surface area contributed by atoms with Gasteiger partial charge in [-0.15, -0.1) is 5.10 Å². The van der Waals surface area contributed by atoms with E-state index in [9.17, 15) is 23.2 Å². The van der Waals surface area contributed by atoms with E-state index in [4.69, 9.17) is 5.73 Å². The van der Waals surface area contributed by atoms with Crippen LogP contribution in [0.3, 0.4) is 0 Å². The molecule has 1 atom stereocenters. The molecular weight excluding hydrogens is 398 g/mol. The molecule has 1 aromatic heterocycles. The number of hydrogen-bond acceptors (Lipinski definition) is 5. The Morgan fingerprint density at radius 2 is 1.80 bits per heavy atom. The second-order valence-corrected chi connectivity index (χ2v) is 6.78. The average molecular weight is 437 g/mol. The molecule has 176 valence electrons. The van der Waals surface area contributed by atoms with Gasteiger partial charge in [0.1, 0.15) is 12.6 Å². The highest BCUT2D eigenvalue weighted by atomic mass is 19.3. The molecule has 0 aliphatic heterocycles. The number of halogens is 2. The molecule has 0 aliphatic carbocycles. The number of alkyl halides is 2. The van der Waals surface area contributed by atoms with Gasteiger partial charge in [-0.1, -0.05) is 52.9 Å². The molecule has 3 N–H and O–H groups in total. The van der Waals surface area contributed by atoms with Crippen LogP contribution < -0.4 is 11.1 Å². The quantitative estimate of drug-likeness (QED) is 0.487. The first-order chi connectivity index (χ1) is 14.2. The molecule has 0 radical (unpaired) electrons. The van der Waals surface area contributed by atoms with Crippen molar-refractivity contribution >= 4 is 17.7 Å². The summed E-state index contributed by atoms with van der Waals surface area (Å²) in [6.07, 6.45) is 4.98. The first-order valence-electron chi connectivity index (χ1n) is 10.2. The van der Waals surface area contributed by atoms with Gasteiger partial charge in [0, 0.05) is 9.90 Å².